The van der Waals surface area contributed by atoms with Gasteiger partial charge in [-0.05, 0) is 31.1 Å². The van der Waals surface area contributed by atoms with Crippen molar-refractivity contribution in [2.75, 3.05) is 13.1 Å². The molecular formula is C19H28N4O3. The number of aryl methyl sites for hydroxylation is 1. The Hall–Kier alpha value is -1.92. The van der Waals surface area contributed by atoms with Gasteiger partial charge in [-0.3, -0.25) is 9.59 Å². The molecule has 4 rings (SSSR count). The second-order valence-corrected chi connectivity index (χ2v) is 8.68. The number of carboxylic acid groups (broad SMARTS) is 1. The number of carbonyl (C=O) groups is 2. The molecule has 1 N–H and O–H groups in total. The van der Waals surface area contributed by atoms with Crippen molar-refractivity contribution in [3.8, 4) is 0 Å². The molecule has 3 aliphatic rings. The minimum absolute atomic E-state index is 0.00250. The number of aliphatic carboxylic acids is 1. The lowest BCUT2D eigenvalue weighted by molar-refractivity contribution is -0.142. The number of amides is 1. The predicted octanol–water partition coefficient (Wildman–Crippen LogP) is 2.07. The molecule has 2 aliphatic heterocycles. The fourth-order valence-corrected chi connectivity index (χ4v) is 4.95. The van der Waals surface area contributed by atoms with Crippen LogP contribution in [0.5, 0.6) is 0 Å². The molecule has 7 nitrogen and oxygen atoms in total. The Balaban J connectivity index is 1.50. The molecule has 0 radical (unpaired) electrons. The number of nitrogens with zero attached hydrogens (tertiary/aromatic N) is 4. The van der Waals surface area contributed by atoms with Crippen molar-refractivity contribution in [1.29, 1.82) is 0 Å². The predicted molar refractivity (Wildman–Crippen MR) is 94.5 cm³/mol. The monoisotopic (exact) mass is 360 g/mol. The molecule has 3 atom stereocenters. The Labute approximate surface area is 153 Å². The van der Waals surface area contributed by atoms with E-state index in [1.54, 1.807) is 0 Å². The van der Waals surface area contributed by atoms with Gasteiger partial charge in [0.15, 0.2) is 0 Å². The highest BCUT2D eigenvalue weighted by Gasteiger charge is 2.66. The van der Waals surface area contributed by atoms with E-state index in [2.05, 4.69) is 14.8 Å². The maximum Gasteiger partial charge on any atom is 0.307 e. The number of fused-ring (bicyclic) bond motifs is 1. The summed E-state index contributed by atoms with van der Waals surface area (Å²) in [4.78, 5) is 26.3. The Morgan fingerprint density at radius 3 is 2.62 bits per heavy atom. The van der Waals surface area contributed by atoms with Crippen LogP contribution in [-0.4, -0.2) is 49.7 Å². The van der Waals surface area contributed by atoms with Gasteiger partial charge in [-0.2, -0.15) is 0 Å². The second-order valence-electron chi connectivity index (χ2n) is 8.68. The molecule has 1 amide bonds. The molecule has 2 fully saturated rings. The van der Waals surface area contributed by atoms with Crippen molar-refractivity contribution in [3.05, 3.63) is 11.6 Å². The Morgan fingerprint density at radius 1 is 1.08 bits per heavy atom. The van der Waals surface area contributed by atoms with E-state index in [9.17, 15) is 14.7 Å². The van der Waals surface area contributed by atoms with Gasteiger partial charge in [-0.25, -0.2) is 0 Å². The normalized spacial score (nSPS) is 30.4. The van der Waals surface area contributed by atoms with Gasteiger partial charge in [-0.15, -0.1) is 10.2 Å². The van der Waals surface area contributed by atoms with Crippen molar-refractivity contribution in [1.82, 2.24) is 19.7 Å². The van der Waals surface area contributed by atoms with Crippen molar-refractivity contribution >= 4 is 11.9 Å². The summed E-state index contributed by atoms with van der Waals surface area (Å²) >= 11 is 0. The molecule has 1 saturated heterocycles. The van der Waals surface area contributed by atoms with Crippen LogP contribution in [0.3, 0.4) is 0 Å². The molecule has 1 aromatic rings. The summed E-state index contributed by atoms with van der Waals surface area (Å²) in [6, 6.07) is 0. The first-order valence-electron chi connectivity index (χ1n) is 9.85. The highest BCUT2D eigenvalue weighted by Crippen LogP contribution is 2.59. The number of piperidine rings is 1. The number of rotatable bonds is 3. The third-order valence-electron chi connectivity index (χ3n) is 6.60. The Kier molecular flexibility index (Phi) is 4.28. The largest absolute Gasteiger partial charge is 0.481 e. The van der Waals surface area contributed by atoms with Crippen LogP contribution in [0.15, 0.2) is 0 Å². The van der Waals surface area contributed by atoms with E-state index in [0.717, 1.165) is 50.4 Å². The summed E-state index contributed by atoms with van der Waals surface area (Å²) in [5, 5.41) is 18.2. The summed E-state index contributed by atoms with van der Waals surface area (Å²) in [5.41, 5.74) is -0.443. The quantitative estimate of drug-likeness (QED) is 0.891. The average molecular weight is 360 g/mol. The van der Waals surface area contributed by atoms with Crippen molar-refractivity contribution in [3.63, 3.8) is 0 Å². The van der Waals surface area contributed by atoms with Crippen LogP contribution in [-0.2, 0) is 22.6 Å². The van der Waals surface area contributed by atoms with E-state index in [0.29, 0.717) is 6.54 Å². The van der Waals surface area contributed by atoms with Crippen molar-refractivity contribution < 1.29 is 14.7 Å². The minimum Gasteiger partial charge on any atom is -0.481 e. The van der Waals surface area contributed by atoms with E-state index in [1.807, 2.05) is 18.7 Å². The Bertz CT molecular complexity index is 726. The zero-order chi connectivity index (χ0) is 18.5. The van der Waals surface area contributed by atoms with Gasteiger partial charge in [0.2, 0.25) is 5.91 Å². The molecule has 26 heavy (non-hydrogen) atoms. The van der Waals surface area contributed by atoms with Gasteiger partial charge < -0.3 is 14.6 Å². The zero-order valence-corrected chi connectivity index (χ0v) is 15.6. The van der Waals surface area contributed by atoms with E-state index in [4.69, 9.17) is 0 Å². The molecule has 142 valence electrons. The third kappa shape index (κ3) is 2.81. The first kappa shape index (κ1) is 17.5. The van der Waals surface area contributed by atoms with Crippen LogP contribution in [0.25, 0.3) is 0 Å². The van der Waals surface area contributed by atoms with E-state index in [1.165, 1.54) is 12.8 Å². The van der Waals surface area contributed by atoms with Gasteiger partial charge in [0.05, 0.1) is 11.8 Å². The summed E-state index contributed by atoms with van der Waals surface area (Å²) < 4.78 is 2.27. The topological polar surface area (TPSA) is 88.3 Å². The lowest BCUT2D eigenvalue weighted by Gasteiger charge is -2.33. The maximum atomic E-state index is 13.0. The fourth-order valence-electron chi connectivity index (χ4n) is 4.95. The molecule has 3 heterocycles. The van der Waals surface area contributed by atoms with Crippen LogP contribution in [0.1, 0.15) is 63.5 Å². The third-order valence-corrected chi connectivity index (χ3v) is 6.60. The van der Waals surface area contributed by atoms with Gasteiger partial charge in [-0.1, -0.05) is 20.3 Å². The van der Waals surface area contributed by atoms with Gasteiger partial charge >= 0.3 is 5.97 Å². The van der Waals surface area contributed by atoms with Gasteiger partial charge in [0.1, 0.15) is 11.6 Å². The van der Waals surface area contributed by atoms with E-state index < -0.39 is 23.2 Å². The molecule has 7 heteroatoms. The van der Waals surface area contributed by atoms with Crippen molar-refractivity contribution in [2.24, 2.45) is 17.3 Å². The average Bonchev–Trinajstić information content (AvgIpc) is 3.10. The smallest absolute Gasteiger partial charge is 0.307 e. The second kappa shape index (κ2) is 6.35. The van der Waals surface area contributed by atoms with Crippen molar-refractivity contribution in [2.45, 2.75) is 64.8 Å². The summed E-state index contributed by atoms with van der Waals surface area (Å²) in [6.45, 7) is 6.09. The number of hydrogen-bond donors (Lipinski definition) is 1. The molecule has 1 saturated carbocycles. The molecule has 1 unspecified atom stereocenters. The highest BCUT2D eigenvalue weighted by molar-refractivity contribution is 5.91. The minimum atomic E-state index is -0.857. The lowest BCUT2D eigenvalue weighted by atomic mass is 9.96. The van der Waals surface area contributed by atoms with Crippen LogP contribution in [0, 0.1) is 17.3 Å². The molecule has 1 aliphatic carbocycles. The maximum absolute atomic E-state index is 13.0. The number of likely N-dealkylation sites (tertiary alicyclic amines) is 1. The fraction of sp³-hybridized carbons (Fsp3) is 0.789. The number of hydrogen-bond acceptors (Lipinski definition) is 4. The highest BCUT2D eigenvalue weighted by atomic mass is 16.4. The number of aromatic nitrogens is 3. The summed E-state index contributed by atoms with van der Waals surface area (Å²) in [7, 11) is 0. The molecule has 1 aromatic heterocycles. The van der Waals surface area contributed by atoms with Gasteiger partial charge in [0.25, 0.3) is 0 Å². The van der Waals surface area contributed by atoms with E-state index in [-0.39, 0.29) is 11.8 Å². The SMILES string of the molecule is CC1(C)[C@H](C(=O)O)[C@@H]1C(=O)N1CCCC(c2nnc3n2CCCCC3)C1. The standard InChI is InChI=1S/C19H28N4O3/c1-19(2)14(15(19)18(25)26)17(24)22-9-6-7-12(11-22)16-21-20-13-8-4-3-5-10-23(13)16/h12,14-15H,3-11H2,1-2H3,(H,25,26)/t12?,14-,15+/m1/s1. The van der Waals surface area contributed by atoms with E-state index >= 15 is 0 Å². The lowest BCUT2D eigenvalue weighted by Crippen LogP contribution is -2.41. The van der Waals surface area contributed by atoms with Crippen LogP contribution < -0.4 is 0 Å². The number of carbonyl (C=O) groups excluding carboxylic acids is 1. The molecule has 0 bridgehead atoms. The summed E-state index contributed by atoms with van der Waals surface area (Å²) in [6.07, 6.45) is 6.48. The molecule has 0 spiro atoms. The number of carboxylic acids is 1. The molecular weight excluding hydrogens is 332 g/mol. The first-order chi connectivity index (χ1) is 12.4. The van der Waals surface area contributed by atoms with Gasteiger partial charge in [0, 0.05) is 32.0 Å². The summed E-state index contributed by atoms with van der Waals surface area (Å²) in [5.74, 6) is 0.498. The zero-order valence-electron chi connectivity index (χ0n) is 15.6. The van der Waals surface area contributed by atoms with Crippen LogP contribution in [0.2, 0.25) is 0 Å². The van der Waals surface area contributed by atoms with Crippen LogP contribution >= 0.6 is 0 Å². The Morgan fingerprint density at radius 2 is 1.88 bits per heavy atom. The van der Waals surface area contributed by atoms with Crippen LogP contribution in [0.4, 0.5) is 0 Å². The first-order valence-corrected chi connectivity index (χ1v) is 9.85. The molecule has 0 aromatic carbocycles.